The van der Waals surface area contributed by atoms with Gasteiger partial charge < -0.3 is 34.6 Å². The van der Waals surface area contributed by atoms with Crippen LogP contribution >= 0.6 is 45.2 Å². The van der Waals surface area contributed by atoms with Crippen molar-refractivity contribution in [1.29, 1.82) is 0 Å². The standard InChI is InChI=1S/C19H27IN2O4.C8H10INO.C7H13NO/c1-19(2,3)26-18(24)22(12-6-7-17(23)21(4)5)13-14-25-16-10-8-15(20)9-11-16;9-7-1-3-8(4-2-7)11-6-5-10;1-4-5-6-7(9)8(2)3/h6-11H,12-14H2,1-5H3;1-4H,5-6,10H2;5-6H,4H2,1-3H3/b7-6+;;6-5+. The van der Waals surface area contributed by atoms with Gasteiger partial charge in [0.05, 0.1) is 6.54 Å². The van der Waals surface area contributed by atoms with Crippen molar-refractivity contribution >= 4 is 63.1 Å². The summed E-state index contributed by atoms with van der Waals surface area (Å²) in [4.78, 5) is 39.3. The van der Waals surface area contributed by atoms with Crippen LogP contribution in [0.4, 0.5) is 4.79 Å². The minimum absolute atomic E-state index is 0.0526. The third-order valence-electron chi connectivity index (χ3n) is 5.26. The van der Waals surface area contributed by atoms with Crippen LogP contribution in [0.25, 0.3) is 0 Å². The molecule has 0 saturated heterocycles. The Morgan fingerprint density at radius 3 is 1.59 bits per heavy atom. The first kappa shape index (κ1) is 43.1. The predicted molar refractivity (Wildman–Crippen MR) is 202 cm³/mol. The first-order valence-electron chi connectivity index (χ1n) is 14.8. The van der Waals surface area contributed by atoms with Crippen molar-refractivity contribution in [3.8, 4) is 11.5 Å². The molecule has 12 heteroatoms. The molecule has 0 aliphatic heterocycles. The molecule has 0 aliphatic carbocycles. The van der Waals surface area contributed by atoms with Gasteiger partial charge in [0.15, 0.2) is 0 Å². The van der Waals surface area contributed by atoms with E-state index in [1.807, 2.05) is 82.3 Å². The molecule has 0 bridgehead atoms. The van der Waals surface area contributed by atoms with Gasteiger partial charge in [0, 0.05) is 54.5 Å². The van der Waals surface area contributed by atoms with Crippen LogP contribution in [-0.2, 0) is 14.3 Å². The highest BCUT2D eigenvalue weighted by atomic mass is 127. The van der Waals surface area contributed by atoms with E-state index < -0.39 is 11.7 Å². The Balaban J connectivity index is 0.000000824. The van der Waals surface area contributed by atoms with Crippen molar-refractivity contribution < 1.29 is 28.6 Å². The fraction of sp³-hybridized carbons (Fsp3) is 0.441. The van der Waals surface area contributed by atoms with Crippen LogP contribution in [0.15, 0.2) is 72.8 Å². The lowest BCUT2D eigenvalue weighted by molar-refractivity contribution is -0.124. The number of hydrogen-bond acceptors (Lipinski definition) is 7. The van der Waals surface area contributed by atoms with Gasteiger partial charge in [0.25, 0.3) is 0 Å². The summed E-state index contributed by atoms with van der Waals surface area (Å²) in [5.41, 5.74) is 4.69. The average Bonchev–Trinajstić information content (AvgIpc) is 2.99. The Labute approximate surface area is 302 Å². The number of nitrogens with zero attached hydrogens (tertiary/aromatic N) is 3. The van der Waals surface area contributed by atoms with Crippen LogP contribution in [0.2, 0.25) is 0 Å². The zero-order chi connectivity index (χ0) is 35.1. The summed E-state index contributed by atoms with van der Waals surface area (Å²) in [6.45, 7) is 9.54. The third kappa shape index (κ3) is 22.6. The molecule has 2 N–H and O–H groups in total. The van der Waals surface area contributed by atoms with Crippen LogP contribution in [0, 0.1) is 7.14 Å². The molecule has 0 fully saturated rings. The Morgan fingerprint density at radius 2 is 1.20 bits per heavy atom. The number of hydrogen-bond donors (Lipinski definition) is 1. The van der Waals surface area contributed by atoms with Gasteiger partial charge in [-0.1, -0.05) is 19.1 Å². The van der Waals surface area contributed by atoms with E-state index in [9.17, 15) is 14.4 Å². The number of carbonyl (C=O) groups excluding carboxylic acids is 3. The summed E-state index contributed by atoms with van der Waals surface area (Å²) in [6.07, 6.45) is 7.00. The molecule has 0 saturated carbocycles. The highest BCUT2D eigenvalue weighted by Crippen LogP contribution is 2.15. The second kappa shape index (κ2) is 24.3. The number of benzene rings is 2. The number of rotatable bonds is 12. The number of amides is 3. The normalized spacial score (nSPS) is 10.7. The van der Waals surface area contributed by atoms with E-state index in [4.69, 9.17) is 19.9 Å². The number of halogens is 2. The molecule has 10 nitrogen and oxygen atoms in total. The van der Waals surface area contributed by atoms with E-state index in [1.54, 1.807) is 45.2 Å². The molecule has 0 aromatic heterocycles. The molecule has 0 unspecified atom stereocenters. The molecule has 46 heavy (non-hydrogen) atoms. The van der Waals surface area contributed by atoms with E-state index in [-0.39, 0.29) is 18.4 Å². The number of ether oxygens (including phenoxy) is 3. The van der Waals surface area contributed by atoms with Crippen LogP contribution in [0.3, 0.4) is 0 Å². The van der Waals surface area contributed by atoms with Gasteiger partial charge in [0.1, 0.15) is 30.3 Å². The van der Waals surface area contributed by atoms with Gasteiger partial charge in [-0.2, -0.15) is 0 Å². The van der Waals surface area contributed by atoms with E-state index >= 15 is 0 Å². The number of nitrogens with two attached hydrogens (primary N) is 1. The minimum Gasteiger partial charge on any atom is -0.492 e. The minimum atomic E-state index is -0.588. The molecule has 3 amide bonds. The van der Waals surface area contributed by atoms with Gasteiger partial charge in [-0.05, 0) is 127 Å². The molecule has 0 aliphatic rings. The van der Waals surface area contributed by atoms with Crippen LogP contribution in [-0.4, -0.2) is 99.2 Å². The fourth-order valence-electron chi connectivity index (χ4n) is 2.89. The molecular formula is C34H50I2N4O6. The van der Waals surface area contributed by atoms with E-state index in [0.717, 1.165) is 21.5 Å². The largest absolute Gasteiger partial charge is 0.492 e. The van der Waals surface area contributed by atoms with Gasteiger partial charge in [-0.25, -0.2) is 4.79 Å². The summed E-state index contributed by atoms with van der Waals surface area (Å²) in [5, 5.41) is 0. The molecule has 2 aromatic carbocycles. The van der Waals surface area contributed by atoms with Gasteiger partial charge >= 0.3 is 6.09 Å². The zero-order valence-electron chi connectivity index (χ0n) is 28.3. The summed E-state index contributed by atoms with van der Waals surface area (Å²) in [5.74, 6) is 1.55. The van der Waals surface area contributed by atoms with Gasteiger partial charge in [-0.15, -0.1) is 0 Å². The molecule has 256 valence electrons. The molecule has 0 spiro atoms. The second-order valence-electron chi connectivity index (χ2n) is 11.0. The molecule has 2 rings (SSSR count). The first-order chi connectivity index (χ1) is 21.6. The zero-order valence-corrected chi connectivity index (χ0v) is 32.6. The smallest absolute Gasteiger partial charge is 0.410 e. The number of allylic oxidation sites excluding steroid dienone is 1. The lowest BCUT2D eigenvalue weighted by Crippen LogP contribution is -2.39. The lowest BCUT2D eigenvalue weighted by Gasteiger charge is -2.26. The SMILES string of the molecule is CC/C=C/C(=O)N(C)C.CN(C)C(=O)/C=C/CN(CCOc1ccc(I)cc1)C(=O)OC(C)(C)C.NCCOc1ccc(I)cc1. The van der Waals surface area contributed by atoms with Crippen LogP contribution in [0.5, 0.6) is 11.5 Å². The Hall–Kier alpha value is -2.85. The van der Waals surface area contributed by atoms with Crippen LogP contribution < -0.4 is 15.2 Å². The van der Waals surface area contributed by atoms with Gasteiger partial charge in [0.2, 0.25) is 11.8 Å². The van der Waals surface area contributed by atoms with Crippen molar-refractivity contribution in [2.24, 2.45) is 5.73 Å². The fourth-order valence-corrected chi connectivity index (χ4v) is 3.61. The molecule has 2 aromatic rings. The summed E-state index contributed by atoms with van der Waals surface area (Å²) < 4.78 is 18.7. The first-order valence-corrected chi connectivity index (χ1v) is 17.0. The molecule has 0 radical (unpaired) electrons. The predicted octanol–water partition coefficient (Wildman–Crippen LogP) is 6.22. The van der Waals surface area contributed by atoms with Gasteiger partial charge in [-0.3, -0.25) is 9.59 Å². The van der Waals surface area contributed by atoms with Crippen LogP contribution in [0.1, 0.15) is 34.1 Å². The number of carbonyl (C=O) groups is 3. The number of likely N-dealkylation sites (N-methyl/N-ethyl adjacent to an activating group) is 2. The van der Waals surface area contributed by atoms with Crippen molar-refractivity contribution in [3.63, 3.8) is 0 Å². The second-order valence-corrected chi connectivity index (χ2v) is 13.5. The topological polar surface area (TPSA) is 115 Å². The maximum absolute atomic E-state index is 12.4. The Bertz CT molecular complexity index is 1210. The Morgan fingerprint density at radius 1 is 0.761 bits per heavy atom. The molecule has 0 atom stereocenters. The van der Waals surface area contributed by atoms with Crippen molar-refractivity contribution in [2.75, 3.05) is 61.0 Å². The monoisotopic (exact) mass is 864 g/mol. The van der Waals surface area contributed by atoms with E-state index in [2.05, 4.69) is 45.2 Å². The average molecular weight is 865 g/mol. The Kier molecular flexibility index (Phi) is 22.8. The maximum atomic E-state index is 12.4. The van der Waals surface area contributed by atoms with Crippen molar-refractivity contribution in [1.82, 2.24) is 14.7 Å². The molecule has 0 heterocycles. The molecular weight excluding hydrogens is 814 g/mol. The lowest BCUT2D eigenvalue weighted by atomic mass is 10.2. The summed E-state index contributed by atoms with van der Waals surface area (Å²) in [7, 11) is 6.82. The highest BCUT2D eigenvalue weighted by Gasteiger charge is 2.21. The quantitative estimate of drug-likeness (QED) is 0.199. The highest BCUT2D eigenvalue weighted by molar-refractivity contribution is 14.1. The summed E-state index contributed by atoms with van der Waals surface area (Å²) >= 11 is 4.48. The third-order valence-corrected chi connectivity index (χ3v) is 6.70. The van der Waals surface area contributed by atoms with E-state index in [1.165, 1.54) is 19.4 Å². The van der Waals surface area contributed by atoms with E-state index in [0.29, 0.717) is 26.3 Å². The summed E-state index contributed by atoms with van der Waals surface area (Å²) in [6, 6.07) is 15.6. The maximum Gasteiger partial charge on any atom is 0.410 e. The van der Waals surface area contributed by atoms with Crippen molar-refractivity contribution in [3.05, 3.63) is 80.0 Å². The van der Waals surface area contributed by atoms with Crippen molar-refractivity contribution in [2.45, 2.75) is 39.7 Å².